The Morgan fingerprint density at radius 3 is 2.79 bits per heavy atom. The van der Waals surface area contributed by atoms with Crippen LogP contribution in [0.15, 0.2) is 18.5 Å². The molecule has 1 N–H and O–H groups in total. The van der Waals surface area contributed by atoms with E-state index in [2.05, 4.69) is 4.98 Å². The lowest BCUT2D eigenvalue weighted by molar-refractivity contribution is -0.136. The fourth-order valence-corrected chi connectivity index (χ4v) is 1.02. The van der Waals surface area contributed by atoms with Gasteiger partial charge in [0.1, 0.15) is 0 Å². The van der Waals surface area contributed by atoms with Crippen LogP contribution in [0.4, 0.5) is 8.78 Å². The zero-order valence-corrected chi connectivity index (χ0v) is 7.28. The van der Waals surface area contributed by atoms with Crippen molar-refractivity contribution in [2.45, 2.75) is 19.3 Å². The zero-order valence-electron chi connectivity index (χ0n) is 7.28. The van der Waals surface area contributed by atoms with Crippen molar-refractivity contribution < 1.29 is 18.7 Å². The fourth-order valence-electron chi connectivity index (χ4n) is 1.02. The largest absolute Gasteiger partial charge is 0.481 e. The number of alkyl halides is 2. The van der Waals surface area contributed by atoms with Crippen molar-refractivity contribution in [3.8, 4) is 0 Å². The molecular weight excluding hydrogens is 192 g/mol. The molecule has 0 aromatic carbocycles. The predicted molar refractivity (Wildman–Crippen MR) is 45.2 cm³/mol. The van der Waals surface area contributed by atoms with Crippen LogP contribution in [0.5, 0.6) is 0 Å². The fraction of sp³-hybridized carbons (Fsp3) is 0.333. The molecule has 1 rings (SSSR count). The molecule has 0 radical (unpaired) electrons. The van der Waals surface area contributed by atoms with Gasteiger partial charge in [-0.1, -0.05) is 0 Å². The second-order valence-corrected chi connectivity index (χ2v) is 2.82. The normalized spacial score (nSPS) is 10.5. The molecule has 0 spiro atoms. The summed E-state index contributed by atoms with van der Waals surface area (Å²) in [6.07, 6.45) is 0.0633. The van der Waals surface area contributed by atoms with Crippen molar-refractivity contribution in [2.75, 3.05) is 0 Å². The highest BCUT2D eigenvalue weighted by molar-refractivity contribution is 5.67. The Balaban J connectivity index is 2.68. The molecule has 0 aliphatic heterocycles. The zero-order chi connectivity index (χ0) is 10.6. The van der Waals surface area contributed by atoms with Crippen molar-refractivity contribution in [1.82, 2.24) is 4.98 Å². The van der Waals surface area contributed by atoms with Crippen molar-refractivity contribution in [2.24, 2.45) is 0 Å². The highest BCUT2D eigenvalue weighted by atomic mass is 19.3. The molecule has 14 heavy (non-hydrogen) atoms. The molecule has 1 heterocycles. The number of hydrogen-bond acceptors (Lipinski definition) is 2. The minimum atomic E-state index is -2.56. The molecule has 0 aliphatic rings. The number of halogens is 2. The topological polar surface area (TPSA) is 50.2 Å². The Hall–Kier alpha value is -1.52. The van der Waals surface area contributed by atoms with Gasteiger partial charge in [0.05, 0.1) is 0 Å². The maximum Gasteiger partial charge on any atom is 0.303 e. The Kier molecular flexibility index (Phi) is 3.50. The molecule has 0 amide bonds. The third-order valence-corrected chi connectivity index (χ3v) is 1.70. The van der Waals surface area contributed by atoms with Crippen LogP contribution in [0, 0.1) is 0 Å². The Morgan fingerprint density at radius 1 is 1.50 bits per heavy atom. The summed E-state index contributed by atoms with van der Waals surface area (Å²) in [5.74, 6) is -0.951. The van der Waals surface area contributed by atoms with Gasteiger partial charge in [0.2, 0.25) is 0 Å². The van der Waals surface area contributed by atoms with Crippen LogP contribution in [0.1, 0.15) is 24.0 Å². The molecule has 0 aliphatic carbocycles. The summed E-state index contributed by atoms with van der Waals surface area (Å²) in [4.78, 5) is 13.8. The summed E-state index contributed by atoms with van der Waals surface area (Å²) in [7, 11) is 0. The molecule has 5 heteroatoms. The Morgan fingerprint density at radius 2 is 2.21 bits per heavy atom. The Bertz CT molecular complexity index is 328. The molecule has 1 aromatic heterocycles. The van der Waals surface area contributed by atoms with E-state index in [1.165, 1.54) is 12.3 Å². The first-order chi connectivity index (χ1) is 6.59. The van der Waals surface area contributed by atoms with Crippen molar-refractivity contribution in [3.05, 3.63) is 29.6 Å². The smallest absolute Gasteiger partial charge is 0.303 e. The third-order valence-electron chi connectivity index (χ3n) is 1.70. The van der Waals surface area contributed by atoms with Gasteiger partial charge < -0.3 is 5.11 Å². The SMILES string of the molecule is O=C(O)CCc1cncc(C(F)F)c1. The van der Waals surface area contributed by atoms with Crippen LogP contribution in [-0.2, 0) is 11.2 Å². The maximum absolute atomic E-state index is 12.2. The lowest BCUT2D eigenvalue weighted by atomic mass is 10.1. The summed E-state index contributed by atoms with van der Waals surface area (Å²) in [5.41, 5.74) is 0.345. The maximum atomic E-state index is 12.2. The lowest BCUT2D eigenvalue weighted by Gasteiger charge is -2.01. The average Bonchev–Trinajstić information content (AvgIpc) is 2.15. The monoisotopic (exact) mass is 201 g/mol. The summed E-state index contributed by atoms with van der Waals surface area (Å²) in [6, 6.07) is 1.28. The number of carbonyl (C=O) groups is 1. The first-order valence-corrected chi connectivity index (χ1v) is 4.03. The van der Waals surface area contributed by atoms with Crippen molar-refractivity contribution in [3.63, 3.8) is 0 Å². The second-order valence-electron chi connectivity index (χ2n) is 2.82. The number of nitrogens with zero attached hydrogens (tertiary/aromatic N) is 1. The lowest BCUT2D eigenvalue weighted by Crippen LogP contribution is -1.98. The minimum absolute atomic E-state index is 0.0750. The summed E-state index contributed by atoms with van der Waals surface area (Å²) in [5, 5.41) is 8.38. The molecular formula is C9H9F2NO2. The van der Waals surface area contributed by atoms with Crippen LogP contribution in [0.25, 0.3) is 0 Å². The first-order valence-electron chi connectivity index (χ1n) is 4.03. The molecule has 1 aromatic rings. The molecule has 76 valence electrons. The highest BCUT2D eigenvalue weighted by Crippen LogP contribution is 2.18. The molecule has 0 unspecified atom stereocenters. The molecule has 0 saturated carbocycles. The van der Waals surface area contributed by atoms with Gasteiger partial charge in [0.15, 0.2) is 0 Å². The van der Waals surface area contributed by atoms with Gasteiger partial charge >= 0.3 is 5.97 Å². The van der Waals surface area contributed by atoms with Crippen molar-refractivity contribution in [1.29, 1.82) is 0 Å². The standard InChI is InChI=1S/C9H9F2NO2/c10-9(11)7-3-6(4-12-5-7)1-2-8(13)14/h3-5,9H,1-2H2,(H,13,14). The van der Waals surface area contributed by atoms with Gasteiger partial charge in [0.25, 0.3) is 6.43 Å². The number of carboxylic acids is 1. The van der Waals surface area contributed by atoms with Crippen LogP contribution in [0.3, 0.4) is 0 Å². The molecule has 0 saturated heterocycles. The van der Waals surface area contributed by atoms with Gasteiger partial charge in [-0.15, -0.1) is 0 Å². The van der Waals surface area contributed by atoms with Crippen LogP contribution in [-0.4, -0.2) is 16.1 Å². The summed E-state index contributed by atoms with van der Waals surface area (Å²) in [6.45, 7) is 0. The number of aromatic nitrogens is 1. The van der Waals surface area contributed by atoms with Crippen LogP contribution >= 0.6 is 0 Å². The van der Waals surface area contributed by atoms with E-state index in [4.69, 9.17) is 5.11 Å². The van der Waals surface area contributed by atoms with Crippen LogP contribution < -0.4 is 0 Å². The van der Waals surface area contributed by atoms with Gasteiger partial charge in [-0.25, -0.2) is 8.78 Å². The van der Waals surface area contributed by atoms with E-state index in [1.807, 2.05) is 0 Å². The number of carboxylic acid groups (broad SMARTS) is 1. The predicted octanol–water partition coefficient (Wildman–Crippen LogP) is 2.04. The second kappa shape index (κ2) is 4.64. The van der Waals surface area contributed by atoms with Crippen LogP contribution in [0.2, 0.25) is 0 Å². The van der Waals surface area contributed by atoms with Gasteiger partial charge in [-0.05, 0) is 18.1 Å². The molecule has 0 bridgehead atoms. The van der Waals surface area contributed by atoms with E-state index in [-0.39, 0.29) is 18.4 Å². The summed E-state index contributed by atoms with van der Waals surface area (Å²) >= 11 is 0. The third kappa shape index (κ3) is 3.08. The van der Waals surface area contributed by atoms with Gasteiger partial charge in [0, 0.05) is 24.4 Å². The molecule has 3 nitrogen and oxygen atoms in total. The van der Waals surface area contributed by atoms with E-state index in [9.17, 15) is 13.6 Å². The first kappa shape index (κ1) is 10.6. The minimum Gasteiger partial charge on any atom is -0.481 e. The van der Waals surface area contributed by atoms with Gasteiger partial charge in [-0.2, -0.15) is 0 Å². The summed E-state index contributed by atoms with van der Waals surface area (Å²) < 4.78 is 24.4. The van der Waals surface area contributed by atoms with E-state index in [0.717, 1.165) is 6.20 Å². The molecule has 0 atom stereocenters. The van der Waals surface area contributed by atoms with E-state index in [1.54, 1.807) is 0 Å². The van der Waals surface area contributed by atoms with E-state index < -0.39 is 12.4 Å². The number of aliphatic carboxylic acids is 1. The number of hydrogen-bond donors (Lipinski definition) is 1. The molecule has 0 fully saturated rings. The van der Waals surface area contributed by atoms with Gasteiger partial charge in [-0.3, -0.25) is 9.78 Å². The number of rotatable bonds is 4. The average molecular weight is 201 g/mol. The number of pyridine rings is 1. The number of aryl methyl sites for hydroxylation is 1. The highest BCUT2D eigenvalue weighted by Gasteiger charge is 2.08. The quantitative estimate of drug-likeness (QED) is 0.810. The Labute approximate surface area is 79.4 Å². The van der Waals surface area contributed by atoms with E-state index >= 15 is 0 Å². The van der Waals surface area contributed by atoms with Crippen molar-refractivity contribution >= 4 is 5.97 Å². The van der Waals surface area contributed by atoms with E-state index in [0.29, 0.717) is 5.56 Å².